The zero-order chi connectivity index (χ0) is 12.3. The third-order valence-corrected chi connectivity index (χ3v) is 3.47. The summed E-state index contributed by atoms with van der Waals surface area (Å²) < 4.78 is 5.34. The summed E-state index contributed by atoms with van der Waals surface area (Å²) in [7, 11) is 0. The van der Waals surface area contributed by atoms with Gasteiger partial charge in [0.15, 0.2) is 11.0 Å². The van der Waals surface area contributed by atoms with Gasteiger partial charge in [-0.05, 0) is 25.7 Å². The van der Waals surface area contributed by atoms with Crippen molar-refractivity contribution in [2.75, 3.05) is 24.3 Å². The summed E-state index contributed by atoms with van der Waals surface area (Å²) in [5.74, 6) is 1.20. The molecule has 1 atom stereocenters. The van der Waals surface area contributed by atoms with Gasteiger partial charge in [-0.25, -0.2) is 9.97 Å². The molecule has 1 aliphatic heterocycles. The molecule has 0 bridgehead atoms. The quantitative estimate of drug-likeness (QED) is 0.809. The lowest BCUT2D eigenvalue weighted by Crippen LogP contribution is -2.31. The first-order chi connectivity index (χ1) is 8.18. The molecule has 0 radical (unpaired) electrons. The minimum atomic E-state index is 0.293. The summed E-state index contributed by atoms with van der Waals surface area (Å²) >= 11 is 5.85. The van der Waals surface area contributed by atoms with E-state index in [1.807, 2.05) is 0 Å². The van der Waals surface area contributed by atoms with Gasteiger partial charge in [-0.1, -0.05) is 11.6 Å². The van der Waals surface area contributed by atoms with Crippen molar-refractivity contribution in [2.24, 2.45) is 5.92 Å². The molecule has 1 aliphatic rings. The largest absolute Gasteiger partial charge is 0.393 e. The average molecular weight is 257 g/mol. The van der Waals surface area contributed by atoms with E-state index in [0.29, 0.717) is 28.6 Å². The first-order valence-electron chi connectivity index (χ1n) is 5.78. The molecule has 1 saturated heterocycles. The van der Waals surface area contributed by atoms with Gasteiger partial charge in [0.1, 0.15) is 12.0 Å². The molecule has 6 heteroatoms. The molecule has 17 heavy (non-hydrogen) atoms. The second kappa shape index (κ2) is 5.51. The number of nitrogens with zero attached hydrogens (tertiary/aromatic N) is 2. The molecule has 0 saturated carbocycles. The Balaban J connectivity index is 2.01. The van der Waals surface area contributed by atoms with Crippen LogP contribution in [-0.2, 0) is 4.74 Å². The molecule has 0 amide bonds. The molecule has 94 valence electrons. The van der Waals surface area contributed by atoms with E-state index in [-0.39, 0.29) is 0 Å². The van der Waals surface area contributed by atoms with E-state index in [1.165, 1.54) is 6.33 Å². The van der Waals surface area contributed by atoms with Crippen molar-refractivity contribution in [3.63, 3.8) is 0 Å². The summed E-state index contributed by atoms with van der Waals surface area (Å²) in [4.78, 5) is 7.94. The predicted molar refractivity (Wildman–Crippen MR) is 68.1 cm³/mol. The van der Waals surface area contributed by atoms with Gasteiger partial charge in [0.25, 0.3) is 0 Å². The molecular weight excluding hydrogens is 240 g/mol. The maximum atomic E-state index is 5.85. The Bertz CT molecular complexity index is 382. The number of hydrogen-bond donors (Lipinski definition) is 2. The van der Waals surface area contributed by atoms with Crippen LogP contribution in [0, 0.1) is 5.92 Å². The van der Waals surface area contributed by atoms with Crippen LogP contribution in [0.1, 0.15) is 19.8 Å². The molecular formula is C11H17ClN4O. The molecule has 1 aromatic heterocycles. The van der Waals surface area contributed by atoms with Crippen molar-refractivity contribution in [3.05, 3.63) is 11.5 Å². The van der Waals surface area contributed by atoms with Gasteiger partial charge >= 0.3 is 0 Å². The number of nitrogens with two attached hydrogens (primary N) is 1. The highest BCUT2D eigenvalue weighted by Crippen LogP contribution is 2.26. The number of anilines is 2. The third-order valence-electron chi connectivity index (χ3n) is 3.17. The predicted octanol–water partition coefficient (Wildman–Crippen LogP) is 1.94. The van der Waals surface area contributed by atoms with Crippen molar-refractivity contribution in [1.29, 1.82) is 0 Å². The zero-order valence-corrected chi connectivity index (χ0v) is 10.6. The van der Waals surface area contributed by atoms with E-state index < -0.39 is 0 Å². The summed E-state index contributed by atoms with van der Waals surface area (Å²) in [6, 6.07) is 0.298. The number of nitrogen functional groups attached to an aromatic ring is 1. The highest BCUT2D eigenvalue weighted by atomic mass is 35.5. The van der Waals surface area contributed by atoms with Gasteiger partial charge in [0.05, 0.1) is 0 Å². The van der Waals surface area contributed by atoms with Crippen LogP contribution in [0.5, 0.6) is 0 Å². The average Bonchev–Trinajstić information content (AvgIpc) is 2.36. The first-order valence-corrected chi connectivity index (χ1v) is 6.16. The van der Waals surface area contributed by atoms with E-state index in [2.05, 4.69) is 22.2 Å². The summed E-state index contributed by atoms with van der Waals surface area (Å²) in [6.07, 6.45) is 3.54. The second-order valence-corrected chi connectivity index (χ2v) is 4.67. The van der Waals surface area contributed by atoms with Crippen LogP contribution in [0.15, 0.2) is 6.33 Å². The van der Waals surface area contributed by atoms with Gasteiger partial charge in [0, 0.05) is 19.3 Å². The van der Waals surface area contributed by atoms with Crippen LogP contribution >= 0.6 is 11.6 Å². The van der Waals surface area contributed by atoms with Crippen molar-refractivity contribution in [2.45, 2.75) is 25.8 Å². The van der Waals surface area contributed by atoms with Crippen LogP contribution in [0.2, 0.25) is 5.15 Å². The standard InChI is InChI=1S/C11H17ClN4O/c1-7(8-2-4-17-5-3-8)16-11-9(13)10(12)14-6-15-11/h6-8H,2-5,13H2,1H3,(H,14,15,16). The Morgan fingerprint density at radius 1 is 1.47 bits per heavy atom. The molecule has 1 aromatic rings. The van der Waals surface area contributed by atoms with Gasteiger partial charge < -0.3 is 15.8 Å². The highest BCUT2D eigenvalue weighted by molar-refractivity contribution is 6.32. The summed E-state index contributed by atoms with van der Waals surface area (Å²) in [5, 5.41) is 3.60. The van der Waals surface area contributed by atoms with E-state index >= 15 is 0 Å². The van der Waals surface area contributed by atoms with E-state index in [9.17, 15) is 0 Å². The van der Waals surface area contributed by atoms with Crippen molar-refractivity contribution < 1.29 is 4.74 Å². The number of rotatable bonds is 3. The maximum Gasteiger partial charge on any atom is 0.157 e. The third kappa shape index (κ3) is 2.98. The number of nitrogens with one attached hydrogen (secondary N) is 1. The highest BCUT2D eigenvalue weighted by Gasteiger charge is 2.21. The Morgan fingerprint density at radius 3 is 2.88 bits per heavy atom. The monoisotopic (exact) mass is 256 g/mol. The van der Waals surface area contributed by atoms with Gasteiger partial charge in [-0.15, -0.1) is 0 Å². The minimum Gasteiger partial charge on any atom is -0.393 e. The molecule has 1 unspecified atom stereocenters. The van der Waals surface area contributed by atoms with Crippen molar-refractivity contribution >= 4 is 23.1 Å². The lowest BCUT2D eigenvalue weighted by atomic mass is 9.93. The van der Waals surface area contributed by atoms with E-state index in [0.717, 1.165) is 26.1 Å². The van der Waals surface area contributed by atoms with Crippen LogP contribution in [0.25, 0.3) is 0 Å². The van der Waals surface area contributed by atoms with Crippen LogP contribution in [0.4, 0.5) is 11.5 Å². The minimum absolute atomic E-state index is 0.293. The SMILES string of the molecule is CC(Nc1ncnc(Cl)c1N)C1CCOCC1. The van der Waals surface area contributed by atoms with Gasteiger partial charge in [-0.2, -0.15) is 0 Å². The lowest BCUT2D eigenvalue weighted by molar-refractivity contribution is 0.0622. The normalized spacial score (nSPS) is 18.9. The smallest absolute Gasteiger partial charge is 0.157 e. The fourth-order valence-corrected chi connectivity index (χ4v) is 2.17. The van der Waals surface area contributed by atoms with Crippen LogP contribution < -0.4 is 11.1 Å². The number of hydrogen-bond acceptors (Lipinski definition) is 5. The molecule has 2 heterocycles. The summed E-state index contributed by atoms with van der Waals surface area (Å²) in [5.41, 5.74) is 6.23. The second-order valence-electron chi connectivity index (χ2n) is 4.31. The zero-order valence-electron chi connectivity index (χ0n) is 9.82. The van der Waals surface area contributed by atoms with Crippen LogP contribution in [-0.4, -0.2) is 29.2 Å². The molecule has 5 nitrogen and oxygen atoms in total. The van der Waals surface area contributed by atoms with Gasteiger partial charge in [-0.3, -0.25) is 0 Å². The molecule has 2 rings (SSSR count). The van der Waals surface area contributed by atoms with Crippen molar-refractivity contribution in [3.8, 4) is 0 Å². The fraction of sp³-hybridized carbons (Fsp3) is 0.636. The van der Waals surface area contributed by atoms with Crippen molar-refractivity contribution in [1.82, 2.24) is 9.97 Å². The van der Waals surface area contributed by atoms with E-state index in [4.69, 9.17) is 22.1 Å². The number of halogens is 1. The fourth-order valence-electron chi connectivity index (χ4n) is 2.04. The lowest BCUT2D eigenvalue weighted by Gasteiger charge is -2.28. The Hall–Kier alpha value is -1.07. The maximum absolute atomic E-state index is 5.85. The number of ether oxygens (including phenoxy) is 1. The molecule has 0 aliphatic carbocycles. The topological polar surface area (TPSA) is 73.1 Å². The number of aromatic nitrogens is 2. The Labute approximate surface area is 106 Å². The Morgan fingerprint density at radius 2 is 2.18 bits per heavy atom. The summed E-state index contributed by atoms with van der Waals surface area (Å²) in [6.45, 7) is 3.79. The molecule has 0 aromatic carbocycles. The van der Waals surface area contributed by atoms with E-state index in [1.54, 1.807) is 0 Å². The van der Waals surface area contributed by atoms with Crippen LogP contribution in [0.3, 0.4) is 0 Å². The molecule has 0 spiro atoms. The molecule has 3 N–H and O–H groups in total. The Kier molecular flexibility index (Phi) is 4.02. The first kappa shape index (κ1) is 12.4. The molecule has 1 fully saturated rings. The van der Waals surface area contributed by atoms with Gasteiger partial charge in [0.2, 0.25) is 0 Å².